The molecule has 0 saturated heterocycles. The molecule has 2 heteroatoms. The number of rotatable bonds is 3. The lowest BCUT2D eigenvalue weighted by atomic mass is 9.87. The average molecular weight is 246 g/mol. The van der Waals surface area contributed by atoms with Crippen LogP contribution in [0.15, 0.2) is 35.1 Å². The van der Waals surface area contributed by atoms with Gasteiger partial charge in [0.25, 0.3) is 0 Å². The van der Waals surface area contributed by atoms with Crippen LogP contribution in [0, 0.1) is 0 Å². The summed E-state index contributed by atoms with van der Waals surface area (Å²) in [6.07, 6.45) is 10.7. The Balaban J connectivity index is 2.06. The zero-order valence-corrected chi connectivity index (χ0v) is 11.6. The van der Waals surface area contributed by atoms with Gasteiger partial charge in [0.15, 0.2) is 5.78 Å². The lowest BCUT2D eigenvalue weighted by Crippen LogP contribution is -2.33. The van der Waals surface area contributed by atoms with Crippen LogP contribution in [0.5, 0.6) is 0 Å². The molecule has 2 rings (SSSR count). The summed E-state index contributed by atoms with van der Waals surface area (Å²) in [6.45, 7) is 6.37. The molecule has 98 valence electrons. The first kappa shape index (κ1) is 13.1. The highest BCUT2D eigenvalue weighted by atomic mass is 16.5. The molecule has 0 N–H and O–H groups in total. The first-order valence-electron chi connectivity index (χ1n) is 6.76. The molecule has 0 aromatic heterocycles. The molecule has 18 heavy (non-hydrogen) atoms. The molecule has 0 fully saturated rings. The Hall–Kier alpha value is -1.31. The van der Waals surface area contributed by atoms with Gasteiger partial charge in [0.2, 0.25) is 0 Å². The van der Waals surface area contributed by atoms with E-state index in [9.17, 15) is 4.79 Å². The number of hydrogen-bond acceptors (Lipinski definition) is 2. The first-order valence-corrected chi connectivity index (χ1v) is 6.76. The summed E-state index contributed by atoms with van der Waals surface area (Å²) in [5.41, 5.74) is 2.00. The van der Waals surface area contributed by atoms with Gasteiger partial charge in [-0.05, 0) is 46.1 Å². The maximum Gasteiger partial charge on any atom is 0.166 e. The van der Waals surface area contributed by atoms with Gasteiger partial charge in [-0.15, -0.1) is 0 Å². The molecular formula is C16H22O2. The lowest BCUT2D eigenvalue weighted by molar-refractivity contribution is -0.116. The fourth-order valence-electron chi connectivity index (χ4n) is 2.47. The number of hydrogen-bond donors (Lipinski definition) is 0. The largest absolute Gasteiger partial charge is 0.487 e. The summed E-state index contributed by atoms with van der Waals surface area (Å²) < 4.78 is 6.07. The summed E-state index contributed by atoms with van der Waals surface area (Å²) in [6, 6.07) is 0. The Morgan fingerprint density at radius 3 is 2.94 bits per heavy atom. The van der Waals surface area contributed by atoms with E-state index in [1.54, 1.807) is 0 Å². The Kier molecular flexibility index (Phi) is 3.74. The molecule has 0 aromatic carbocycles. The van der Waals surface area contributed by atoms with Crippen LogP contribution in [0.4, 0.5) is 0 Å². The third-order valence-electron chi connectivity index (χ3n) is 3.59. The molecule has 1 aliphatic heterocycles. The normalized spacial score (nSPS) is 26.7. The quantitative estimate of drug-likeness (QED) is 0.701. The van der Waals surface area contributed by atoms with Crippen LogP contribution in [0.25, 0.3) is 0 Å². The van der Waals surface area contributed by atoms with Crippen LogP contribution < -0.4 is 0 Å². The number of Topliss-reactive ketones (excluding diaryl/α,β-unsaturated/α-hetero) is 1. The van der Waals surface area contributed by atoms with Crippen LogP contribution >= 0.6 is 0 Å². The highest BCUT2D eigenvalue weighted by molar-refractivity contribution is 6.00. The fraction of sp³-hybridized carbons (Fsp3) is 0.562. The van der Waals surface area contributed by atoms with Crippen molar-refractivity contribution in [1.29, 1.82) is 0 Å². The molecule has 0 spiro atoms. The summed E-state index contributed by atoms with van der Waals surface area (Å²) in [7, 11) is 0. The molecular weight excluding hydrogens is 224 g/mol. The van der Waals surface area contributed by atoms with Gasteiger partial charge >= 0.3 is 0 Å². The van der Waals surface area contributed by atoms with E-state index in [4.69, 9.17) is 4.74 Å². The van der Waals surface area contributed by atoms with E-state index in [0.717, 1.165) is 37.0 Å². The standard InChI is InChI=1S/C16H22O2/c1-12(2)6-5-10-16(3)11-9-13-14(17)7-4-8-15(13)18-16/h6,8-9H,4-5,7,10-11H2,1-3H3. The van der Waals surface area contributed by atoms with Crippen molar-refractivity contribution in [2.24, 2.45) is 0 Å². The molecule has 0 bridgehead atoms. The van der Waals surface area contributed by atoms with Crippen LogP contribution in [0.3, 0.4) is 0 Å². The molecule has 0 radical (unpaired) electrons. The fourth-order valence-corrected chi connectivity index (χ4v) is 2.47. The topological polar surface area (TPSA) is 26.3 Å². The van der Waals surface area contributed by atoms with Crippen LogP contribution in [0.1, 0.15) is 52.9 Å². The van der Waals surface area contributed by atoms with Gasteiger partial charge in [0, 0.05) is 12.8 Å². The Morgan fingerprint density at radius 1 is 1.44 bits per heavy atom. The number of allylic oxidation sites excluding steroid dienone is 4. The Bertz CT molecular complexity index is 436. The highest BCUT2D eigenvalue weighted by Gasteiger charge is 2.33. The monoisotopic (exact) mass is 246 g/mol. The number of carbonyl (C=O) groups excluding carboxylic acids is 1. The number of carbonyl (C=O) groups is 1. The predicted molar refractivity (Wildman–Crippen MR) is 73.2 cm³/mol. The minimum absolute atomic E-state index is 0.154. The maximum absolute atomic E-state index is 11.7. The summed E-state index contributed by atoms with van der Waals surface area (Å²) >= 11 is 0. The van der Waals surface area contributed by atoms with Gasteiger partial charge < -0.3 is 4.74 Å². The molecule has 0 aromatic rings. The van der Waals surface area contributed by atoms with Crippen molar-refractivity contribution >= 4 is 5.78 Å². The highest BCUT2D eigenvalue weighted by Crippen LogP contribution is 2.36. The minimum Gasteiger partial charge on any atom is -0.487 e. The van der Waals surface area contributed by atoms with Crippen LogP contribution in [-0.4, -0.2) is 11.4 Å². The van der Waals surface area contributed by atoms with Crippen molar-refractivity contribution in [3.63, 3.8) is 0 Å². The van der Waals surface area contributed by atoms with E-state index >= 15 is 0 Å². The molecule has 2 aliphatic rings. The maximum atomic E-state index is 11.7. The average Bonchev–Trinajstić information content (AvgIpc) is 2.28. The smallest absolute Gasteiger partial charge is 0.166 e. The third kappa shape index (κ3) is 2.92. The first-order chi connectivity index (χ1) is 8.50. The molecule has 1 atom stereocenters. The Labute approximate surface area is 109 Å². The van der Waals surface area contributed by atoms with Crippen molar-refractivity contribution in [2.75, 3.05) is 0 Å². The van der Waals surface area contributed by atoms with Gasteiger partial charge in [-0.25, -0.2) is 0 Å². The molecule has 0 amide bonds. The van der Waals surface area contributed by atoms with Gasteiger partial charge in [-0.1, -0.05) is 17.7 Å². The zero-order chi connectivity index (χ0) is 13.2. The van der Waals surface area contributed by atoms with Crippen molar-refractivity contribution in [1.82, 2.24) is 0 Å². The van der Waals surface area contributed by atoms with E-state index in [0.29, 0.717) is 6.42 Å². The molecule has 1 unspecified atom stereocenters. The van der Waals surface area contributed by atoms with Gasteiger partial charge in [-0.2, -0.15) is 0 Å². The van der Waals surface area contributed by atoms with E-state index in [1.807, 2.05) is 0 Å². The summed E-state index contributed by atoms with van der Waals surface area (Å²) in [4.78, 5) is 11.7. The van der Waals surface area contributed by atoms with E-state index in [1.165, 1.54) is 5.57 Å². The van der Waals surface area contributed by atoms with E-state index in [2.05, 4.69) is 39.0 Å². The zero-order valence-electron chi connectivity index (χ0n) is 11.6. The number of ketones is 1. The van der Waals surface area contributed by atoms with E-state index < -0.39 is 0 Å². The second-order valence-corrected chi connectivity index (χ2v) is 5.72. The van der Waals surface area contributed by atoms with Gasteiger partial charge in [0.1, 0.15) is 11.4 Å². The molecule has 0 saturated carbocycles. The third-order valence-corrected chi connectivity index (χ3v) is 3.59. The van der Waals surface area contributed by atoms with Crippen LogP contribution in [-0.2, 0) is 9.53 Å². The molecule has 1 heterocycles. The van der Waals surface area contributed by atoms with Crippen molar-refractivity contribution in [3.8, 4) is 0 Å². The number of ether oxygens (including phenoxy) is 1. The van der Waals surface area contributed by atoms with Gasteiger partial charge in [0.05, 0.1) is 5.57 Å². The number of fused-ring (bicyclic) bond motifs is 1. The SMILES string of the molecule is CC(C)=CCCC1(C)CC=C2C(=O)CCC=C2O1. The van der Waals surface area contributed by atoms with Gasteiger partial charge in [-0.3, -0.25) is 4.79 Å². The second-order valence-electron chi connectivity index (χ2n) is 5.72. The lowest BCUT2D eigenvalue weighted by Gasteiger charge is -2.36. The molecule has 1 aliphatic carbocycles. The van der Waals surface area contributed by atoms with Crippen molar-refractivity contribution in [3.05, 3.63) is 35.1 Å². The van der Waals surface area contributed by atoms with Crippen molar-refractivity contribution < 1.29 is 9.53 Å². The summed E-state index contributed by atoms with van der Waals surface area (Å²) in [5.74, 6) is 1.05. The predicted octanol–water partition coefficient (Wildman–Crippen LogP) is 4.09. The molecule has 2 nitrogen and oxygen atoms in total. The van der Waals surface area contributed by atoms with Crippen molar-refractivity contribution in [2.45, 2.75) is 58.5 Å². The van der Waals surface area contributed by atoms with E-state index in [-0.39, 0.29) is 11.4 Å². The minimum atomic E-state index is -0.154. The Morgan fingerprint density at radius 2 is 2.22 bits per heavy atom. The van der Waals surface area contributed by atoms with Crippen LogP contribution in [0.2, 0.25) is 0 Å². The second kappa shape index (κ2) is 5.13. The summed E-state index contributed by atoms with van der Waals surface area (Å²) in [5, 5.41) is 0.